The standard InChI is InChI=1S/C21H19F2NO2S/c22-15-5-6-16(17(23)12-15)20(24-9-7-13(8-10-24)21(25)26)19-11-14-3-1-2-4-18(14)27-19/h1-6,11-13,20H,7-10H2,(H,25,26). The molecule has 1 fully saturated rings. The van der Waals surface area contributed by atoms with Crippen LogP contribution in [-0.4, -0.2) is 29.1 Å². The summed E-state index contributed by atoms with van der Waals surface area (Å²) < 4.78 is 29.2. The van der Waals surface area contributed by atoms with Gasteiger partial charge in [0.05, 0.1) is 12.0 Å². The summed E-state index contributed by atoms with van der Waals surface area (Å²) in [6.07, 6.45) is 1.05. The first kappa shape index (κ1) is 18.1. The molecule has 4 rings (SSSR count). The summed E-state index contributed by atoms with van der Waals surface area (Å²) >= 11 is 1.60. The van der Waals surface area contributed by atoms with Crippen LogP contribution in [0.1, 0.15) is 29.3 Å². The minimum absolute atomic E-state index is 0.349. The van der Waals surface area contributed by atoms with Crippen molar-refractivity contribution in [1.29, 1.82) is 0 Å². The fraction of sp³-hybridized carbons (Fsp3) is 0.286. The number of thiophene rings is 1. The molecule has 1 aromatic heterocycles. The molecule has 0 spiro atoms. The molecule has 0 bridgehead atoms. The Bertz CT molecular complexity index is 946. The molecule has 2 heterocycles. The van der Waals surface area contributed by atoms with E-state index in [9.17, 15) is 18.7 Å². The zero-order valence-corrected chi connectivity index (χ0v) is 15.4. The summed E-state index contributed by atoms with van der Waals surface area (Å²) in [5.41, 5.74) is 0.428. The van der Waals surface area contributed by atoms with E-state index < -0.39 is 17.6 Å². The molecule has 1 saturated heterocycles. The predicted octanol–water partition coefficient (Wildman–Crippen LogP) is 5.07. The van der Waals surface area contributed by atoms with Gasteiger partial charge >= 0.3 is 5.97 Å². The van der Waals surface area contributed by atoms with Crippen molar-refractivity contribution in [3.8, 4) is 0 Å². The Kier molecular flexibility index (Phi) is 4.93. The van der Waals surface area contributed by atoms with Crippen LogP contribution < -0.4 is 0 Å². The van der Waals surface area contributed by atoms with Crippen LogP contribution in [0.4, 0.5) is 8.78 Å². The van der Waals surface area contributed by atoms with Gasteiger partial charge < -0.3 is 5.11 Å². The highest BCUT2D eigenvalue weighted by atomic mass is 32.1. The minimum Gasteiger partial charge on any atom is -0.481 e. The molecular weight excluding hydrogens is 368 g/mol. The van der Waals surface area contributed by atoms with Crippen molar-refractivity contribution >= 4 is 27.4 Å². The van der Waals surface area contributed by atoms with E-state index in [1.165, 1.54) is 12.1 Å². The Labute approximate surface area is 159 Å². The van der Waals surface area contributed by atoms with Gasteiger partial charge in [0.1, 0.15) is 11.6 Å². The lowest BCUT2D eigenvalue weighted by molar-refractivity contribution is -0.143. The molecule has 0 aliphatic carbocycles. The van der Waals surface area contributed by atoms with E-state index in [-0.39, 0.29) is 12.0 Å². The second-order valence-corrected chi connectivity index (χ2v) is 8.02. The van der Waals surface area contributed by atoms with Crippen molar-refractivity contribution in [3.63, 3.8) is 0 Å². The molecule has 0 radical (unpaired) electrons. The highest BCUT2D eigenvalue weighted by Gasteiger charge is 2.32. The average Bonchev–Trinajstić information content (AvgIpc) is 3.08. The van der Waals surface area contributed by atoms with E-state index in [1.54, 1.807) is 11.3 Å². The van der Waals surface area contributed by atoms with Crippen LogP contribution in [0, 0.1) is 17.6 Å². The maximum atomic E-state index is 14.6. The first-order valence-corrected chi connectivity index (χ1v) is 9.75. The lowest BCUT2D eigenvalue weighted by Crippen LogP contribution is -2.39. The van der Waals surface area contributed by atoms with Gasteiger partial charge in [0.15, 0.2) is 0 Å². The van der Waals surface area contributed by atoms with Gasteiger partial charge in [0.25, 0.3) is 0 Å². The molecule has 0 amide bonds. The SMILES string of the molecule is O=C(O)C1CCN(C(c2cc3ccccc3s2)c2ccc(F)cc2F)CC1. The Hall–Kier alpha value is -2.31. The second-order valence-electron chi connectivity index (χ2n) is 6.90. The summed E-state index contributed by atoms with van der Waals surface area (Å²) in [4.78, 5) is 14.4. The van der Waals surface area contributed by atoms with Gasteiger partial charge in [-0.2, -0.15) is 0 Å². The van der Waals surface area contributed by atoms with Gasteiger partial charge in [-0.25, -0.2) is 8.78 Å². The zero-order chi connectivity index (χ0) is 19.0. The minimum atomic E-state index is -0.777. The van der Waals surface area contributed by atoms with Gasteiger partial charge in [-0.3, -0.25) is 9.69 Å². The third-order valence-corrected chi connectivity index (χ3v) is 6.38. The van der Waals surface area contributed by atoms with E-state index in [0.717, 1.165) is 21.0 Å². The highest BCUT2D eigenvalue weighted by molar-refractivity contribution is 7.19. The Morgan fingerprint density at radius 1 is 1.11 bits per heavy atom. The van der Waals surface area contributed by atoms with Gasteiger partial charge in [-0.15, -0.1) is 11.3 Å². The number of hydrogen-bond acceptors (Lipinski definition) is 3. The van der Waals surface area contributed by atoms with Crippen LogP contribution in [0.15, 0.2) is 48.5 Å². The number of carboxylic acid groups (broad SMARTS) is 1. The number of likely N-dealkylation sites (tertiary alicyclic amines) is 1. The van der Waals surface area contributed by atoms with Crippen molar-refractivity contribution in [2.24, 2.45) is 5.92 Å². The topological polar surface area (TPSA) is 40.5 Å². The monoisotopic (exact) mass is 387 g/mol. The number of fused-ring (bicyclic) bond motifs is 1. The number of carbonyl (C=O) groups is 1. The molecule has 3 nitrogen and oxygen atoms in total. The number of rotatable bonds is 4. The van der Waals surface area contributed by atoms with E-state index in [0.29, 0.717) is 31.5 Å². The highest BCUT2D eigenvalue weighted by Crippen LogP contribution is 2.39. The van der Waals surface area contributed by atoms with Crippen molar-refractivity contribution in [1.82, 2.24) is 4.90 Å². The van der Waals surface area contributed by atoms with Crippen molar-refractivity contribution < 1.29 is 18.7 Å². The molecular formula is C21H19F2NO2S. The number of piperidine rings is 1. The van der Waals surface area contributed by atoms with Crippen molar-refractivity contribution in [2.45, 2.75) is 18.9 Å². The van der Waals surface area contributed by atoms with Crippen LogP contribution in [0.2, 0.25) is 0 Å². The largest absolute Gasteiger partial charge is 0.481 e. The quantitative estimate of drug-likeness (QED) is 0.680. The molecule has 1 aliphatic rings. The van der Waals surface area contributed by atoms with Crippen molar-refractivity contribution in [3.05, 3.63) is 70.6 Å². The van der Waals surface area contributed by atoms with Gasteiger partial charge in [0.2, 0.25) is 0 Å². The number of hydrogen-bond donors (Lipinski definition) is 1. The Morgan fingerprint density at radius 2 is 1.85 bits per heavy atom. The summed E-state index contributed by atoms with van der Waals surface area (Å²) in [7, 11) is 0. The first-order valence-electron chi connectivity index (χ1n) is 8.93. The van der Waals surface area contributed by atoms with Crippen LogP contribution >= 0.6 is 11.3 Å². The summed E-state index contributed by atoms with van der Waals surface area (Å²) in [6, 6.07) is 13.4. The third-order valence-electron chi connectivity index (χ3n) is 5.22. The predicted molar refractivity (Wildman–Crippen MR) is 102 cm³/mol. The summed E-state index contributed by atoms with van der Waals surface area (Å²) in [5, 5.41) is 10.3. The molecule has 6 heteroatoms. The number of benzene rings is 2. The van der Waals surface area contributed by atoms with E-state index in [2.05, 4.69) is 11.0 Å². The number of carboxylic acids is 1. The number of halogens is 2. The molecule has 3 aromatic rings. The van der Waals surface area contributed by atoms with E-state index >= 15 is 0 Å². The molecule has 27 heavy (non-hydrogen) atoms. The van der Waals surface area contributed by atoms with Gasteiger partial charge in [-0.1, -0.05) is 24.3 Å². The maximum Gasteiger partial charge on any atom is 0.306 e. The smallest absolute Gasteiger partial charge is 0.306 e. The molecule has 140 valence electrons. The molecule has 1 unspecified atom stereocenters. The first-order chi connectivity index (χ1) is 13.0. The van der Waals surface area contributed by atoms with E-state index in [1.807, 2.05) is 24.3 Å². The number of nitrogens with zero attached hydrogens (tertiary/aromatic N) is 1. The second kappa shape index (κ2) is 7.37. The fourth-order valence-electron chi connectivity index (χ4n) is 3.79. The lowest BCUT2D eigenvalue weighted by atomic mass is 9.93. The number of aliphatic carboxylic acids is 1. The summed E-state index contributed by atoms with van der Waals surface area (Å²) in [6.45, 7) is 1.12. The molecule has 2 aromatic carbocycles. The molecule has 1 N–H and O–H groups in total. The normalized spacial score (nSPS) is 17.3. The third kappa shape index (κ3) is 3.59. The lowest BCUT2D eigenvalue weighted by Gasteiger charge is -2.36. The Balaban J connectivity index is 1.74. The summed E-state index contributed by atoms with van der Waals surface area (Å²) in [5.74, 6) is -2.31. The Morgan fingerprint density at radius 3 is 2.52 bits per heavy atom. The van der Waals surface area contributed by atoms with Gasteiger partial charge in [-0.05, 0) is 49.5 Å². The molecule has 1 aliphatic heterocycles. The zero-order valence-electron chi connectivity index (χ0n) is 14.6. The maximum absolute atomic E-state index is 14.6. The average molecular weight is 387 g/mol. The molecule has 0 saturated carbocycles. The van der Waals surface area contributed by atoms with Crippen LogP contribution in [-0.2, 0) is 4.79 Å². The van der Waals surface area contributed by atoms with Crippen molar-refractivity contribution in [2.75, 3.05) is 13.1 Å². The fourth-order valence-corrected chi connectivity index (χ4v) is 5.01. The van der Waals surface area contributed by atoms with Crippen LogP contribution in [0.3, 0.4) is 0 Å². The van der Waals surface area contributed by atoms with Crippen LogP contribution in [0.25, 0.3) is 10.1 Å². The van der Waals surface area contributed by atoms with Crippen LogP contribution in [0.5, 0.6) is 0 Å². The van der Waals surface area contributed by atoms with E-state index in [4.69, 9.17) is 0 Å². The molecule has 1 atom stereocenters. The van der Waals surface area contributed by atoms with Gasteiger partial charge in [0, 0.05) is 21.2 Å².